The van der Waals surface area contributed by atoms with Gasteiger partial charge in [-0.2, -0.15) is 5.10 Å². The fourth-order valence-electron chi connectivity index (χ4n) is 2.53. The second kappa shape index (κ2) is 6.29. The third-order valence-corrected chi connectivity index (χ3v) is 3.82. The molecule has 0 radical (unpaired) electrons. The number of furan rings is 1. The maximum Gasteiger partial charge on any atom is 0.181 e. The summed E-state index contributed by atoms with van der Waals surface area (Å²) in [5.41, 5.74) is 2.96. The van der Waals surface area contributed by atoms with E-state index >= 15 is 0 Å². The molecule has 0 aliphatic carbocycles. The van der Waals surface area contributed by atoms with E-state index in [0.29, 0.717) is 0 Å². The number of aromatic amines is 1. The Balaban J connectivity index is 1.64. The van der Waals surface area contributed by atoms with Crippen LogP contribution in [0, 0.1) is 6.92 Å². The third-order valence-electron chi connectivity index (χ3n) is 3.82. The van der Waals surface area contributed by atoms with Crippen LogP contribution in [0.1, 0.15) is 23.1 Å². The number of H-pyrrole nitrogens is 1. The summed E-state index contributed by atoms with van der Waals surface area (Å²) in [7, 11) is 4.11. The SMILES string of the molecule is Cc1[nH]nc2ncc(CNC[C@@H](c3ccco3)N(C)C)cc12. The lowest BCUT2D eigenvalue weighted by atomic mass is 10.2. The number of likely N-dealkylation sites (N-methyl/N-ethyl adjacent to an activating group) is 1. The van der Waals surface area contributed by atoms with Gasteiger partial charge in [-0.05, 0) is 44.8 Å². The van der Waals surface area contributed by atoms with Gasteiger partial charge in [-0.15, -0.1) is 0 Å². The summed E-state index contributed by atoms with van der Waals surface area (Å²) >= 11 is 0. The molecular weight excluding hydrogens is 278 g/mol. The van der Waals surface area contributed by atoms with E-state index in [4.69, 9.17) is 4.42 Å². The Labute approximate surface area is 129 Å². The molecule has 6 nitrogen and oxygen atoms in total. The van der Waals surface area contributed by atoms with Gasteiger partial charge < -0.3 is 9.73 Å². The number of hydrogen-bond donors (Lipinski definition) is 2. The van der Waals surface area contributed by atoms with Gasteiger partial charge in [0.15, 0.2) is 5.65 Å². The normalized spacial score (nSPS) is 13.1. The zero-order valence-electron chi connectivity index (χ0n) is 13.1. The van der Waals surface area contributed by atoms with Crippen LogP contribution in [0.4, 0.5) is 0 Å². The average molecular weight is 299 g/mol. The number of nitrogens with one attached hydrogen (secondary N) is 2. The van der Waals surface area contributed by atoms with Crippen molar-refractivity contribution in [3.8, 4) is 0 Å². The molecular formula is C16H21N5O. The highest BCUT2D eigenvalue weighted by atomic mass is 16.3. The molecule has 0 aliphatic heterocycles. The number of nitrogens with zero attached hydrogens (tertiary/aromatic N) is 3. The van der Waals surface area contributed by atoms with Crippen molar-refractivity contribution in [2.24, 2.45) is 0 Å². The van der Waals surface area contributed by atoms with Crippen molar-refractivity contribution in [3.63, 3.8) is 0 Å². The molecule has 22 heavy (non-hydrogen) atoms. The van der Waals surface area contributed by atoms with Gasteiger partial charge in [0.25, 0.3) is 0 Å². The van der Waals surface area contributed by atoms with E-state index in [9.17, 15) is 0 Å². The Hall–Kier alpha value is -2.18. The van der Waals surface area contributed by atoms with Gasteiger partial charge in [0.2, 0.25) is 0 Å². The molecule has 0 spiro atoms. The predicted octanol–water partition coefficient (Wildman–Crippen LogP) is 2.25. The molecule has 0 saturated heterocycles. The van der Waals surface area contributed by atoms with Gasteiger partial charge in [-0.3, -0.25) is 10.00 Å². The molecule has 0 aliphatic rings. The number of hydrogen-bond acceptors (Lipinski definition) is 5. The molecule has 3 rings (SSSR count). The lowest BCUT2D eigenvalue weighted by molar-refractivity contribution is 0.250. The van der Waals surface area contributed by atoms with Gasteiger partial charge >= 0.3 is 0 Å². The Morgan fingerprint density at radius 2 is 2.27 bits per heavy atom. The number of pyridine rings is 1. The van der Waals surface area contributed by atoms with Crippen molar-refractivity contribution in [2.45, 2.75) is 19.5 Å². The fraction of sp³-hybridized carbons (Fsp3) is 0.375. The first-order valence-corrected chi connectivity index (χ1v) is 7.35. The minimum Gasteiger partial charge on any atom is -0.468 e. The third kappa shape index (κ3) is 3.03. The molecule has 6 heteroatoms. The molecule has 0 saturated carbocycles. The first-order valence-electron chi connectivity index (χ1n) is 7.35. The smallest absolute Gasteiger partial charge is 0.181 e. The molecule has 0 amide bonds. The number of aryl methyl sites for hydroxylation is 1. The lowest BCUT2D eigenvalue weighted by Gasteiger charge is -2.22. The summed E-state index contributed by atoms with van der Waals surface area (Å²) in [5, 5.41) is 11.7. The van der Waals surface area contributed by atoms with Crippen LogP contribution in [0.5, 0.6) is 0 Å². The monoisotopic (exact) mass is 299 g/mol. The van der Waals surface area contributed by atoms with Crippen molar-refractivity contribution >= 4 is 11.0 Å². The van der Waals surface area contributed by atoms with Crippen molar-refractivity contribution in [1.82, 2.24) is 25.4 Å². The van der Waals surface area contributed by atoms with E-state index in [0.717, 1.165) is 41.1 Å². The molecule has 3 heterocycles. The highest BCUT2D eigenvalue weighted by Gasteiger charge is 2.16. The van der Waals surface area contributed by atoms with Gasteiger partial charge in [-0.1, -0.05) is 0 Å². The topological polar surface area (TPSA) is 70.0 Å². The molecule has 2 N–H and O–H groups in total. The molecule has 0 fully saturated rings. The number of rotatable bonds is 6. The fourth-order valence-corrected chi connectivity index (χ4v) is 2.53. The second-order valence-corrected chi connectivity index (χ2v) is 5.69. The molecule has 0 unspecified atom stereocenters. The van der Waals surface area contributed by atoms with Crippen LogP contribution in [0.2, 0.25) is 0 Å². The van der Waals surface area contributed by atoms with Crippen molar-refractivity contribution in [2.75, 3.05) is 20.6 Å². The van der Waals surface area contributed by atoms with E-state index in [1.807, 2.05) is 25.3 Å². The second-order valence-electron chi connectivity index (χ2n) is 5.69. The zero-order chi connectivity index (χ0) is 15.5. The predicted molar refractivity (Wildman–Crippen MR) is 85.5 cm³/mol. The molecule has 0 bridgehead atoms. The van der Waals surface area contributed by atoms with Crippen molar-refractivity contribution in [1.29, 1.82) is 0 Å². The number of aromatic nitrogens is 3. The molecule has 116 valence electrons. The zero-order valence-corrected chi connectivity index (χ0v) is 13.1. The Kier molecular flexibility index (Phi) is 4.22. The van der Waals surface area contributed by atoms with Crippen LogP contribution >= 0.6 is 0 Å². The maximum absolute atomic E-state index is 5.52. The van der Waals surface area contributed by atoms with Gasteiger partial charge in [0.05, 0.1) is 12.3 Å². The van der Waals surface area contributed by atoms with Gasteiger partial charge in [-0.25, -0.2) is 4.98 Å². The molecule has 0 aromatic carbocycles. The summed E-state index contributed by atoms with van der Waals surface area (Å²) in [4.78, 5) is 6.52. The van der Waals surface area contributed by atoms with Crippen molar-refractivity contribution in [3.05, 3.63) is 47.7 Å². The molecule has 1 atom stereocenters. The van der Waals surface area contributed by atoms with E-state index in [1.165, 1.54) is 0 Å². The highest BCUT2D eigenvalue weighted by molar-refractivity contribution is 5.77. The van der Waals surface area contributed by atoms with Crippen LogP contribution in [-0.2, 0) is 6.54 Å². The van der Waals surface area contributed by atoms with E-state index < -0.39 is 0 Å². The Morgan fingerprint density at radius 1 is 1.41 bits per heavy atom. The van der Waals surface area contributed by atoms with Crippen LogP contribution in [0.25, 0.3) is 11.0 Å². The Morgan fingerprint density at radius 3 is 3.00 bits per heavy atom. The lowest BCUT2D eigenvalue weighted by Crippen LogP contribution is -2.30. The first kappa shape index (κ1) is 14.7. The Bertz CT molecular complexity index is 732. The molecule has 3 aromatic rings. The number of fused-ring (bicyclic) bond motifs is 1. The standard InChI is InChI=1S/C16H21N5O/c1-11-13-7-12(9-18-16(13)20-19-11)8-17-10-14(21(2)3)15-5-4-6-22-15/h4-7,9,14,17H,8,10H2,1-3H3,(H,18,19,20)/t14-/m0/s1. The first-order chi connectivity index (χ1) is 10.6. The summed E-state index contributed by atoms with van der Waals surface area (Å²) in [6, 6.07) is 6.27. The van der Waals surface area contributed by atoms with Crippen LogP contribution in [-0.4, -0.2) is 40.7 Å². The minimum absolute atomic E-state index is 0.211. The largest absolute Gasteiger partial charge is 0.468 e. The average Bonchev–Trinajstić information content (AvgIpc) is 3.14. The maximum atomic E-state index is 5.52. The van der Waals surface area contributed by atoms with Crippen LogP contribution < -0.4 is 5.32 Å². The van der Waals surface area contributed by atoms with Crippen LogP contribution in [0.15, 0.2) is 35.1 Å². The summed E-state index contributed by atoms with van der Waals surface area (Å²) < 4.78 is 5.52. The highest BCUT2D eigenvalue weighted by Crippen LogP contribution is 2.18. The van der Waals surface area contributed by atoms with E-state index in [1.54, 1.807) is 6.26 Å². The minimum atomic E-state index is 0.211. The van der Waals surface area contributed by atoms with E-state index in [-0.39, 0.29) is 6.04 Å². The van der Waals surface area contributed by atoms with Crippen molar-refractivity contribution < 1.29 is 4.42 Å². The van der Waals surface area contributed by atoms with E-state index in [2.05, 4.69) is 45.6 Å². The van der Waals surface area contributed by atoms with Gasteiger partial charge in [0, 0.05) is 30.4 Å². The van der Waals surface area contributed by atoms with Gasteiger partial charge in [0.1, 0.15) is 5.76 Å². The molecule has 3 aromatic heterocycles. The summed E-state index contributed by atoms with van der Waals surface area (Å²) in [5.74, 6) is 0.969. The summed E-state index contributed by atoms with van der Waals surface area (Å²) in [6.45, 7) is 3.58. The quantitative estimate of drug-likeness (QED) is 0.730. The summed E-state index contributed by atoms with van der Waals surface area (Å²) in [6.07, 6.45) is 3.58. The van der Waals surface area contributed by atoms with Crippen LogP contribution in [0.3, 0.4) is 0 Å².